The Hall–Kier alpha value is -2.42. The minimum Gasteiger partial charge on any atom is -0.478 e. The number of amides is 2. The minimum absolute atomic E-state index is 0.0135. The fourth-order valence-electron chi connectivity index (χ4n) is 1.62. The van der Waals surface area contributed by atoms with Crippen LogP contribution in [0.15, 0.2) is 29.0 Å². The summed E-state index contributed by atoms with van der Waals surface area (Å²) in [6.07, 6.45) is 1.35. The number of nitrogens with one attached hydrogen (secondary N) is 2. The van der Waals surface area contributed by atoms with E-state index in [0.717, 1.165) is 0 Å². The molecule has 1 aromatic heterocycles. The molecule has 0 atom stereocenters. The van der Waals surface area contributed by atoms with Crippen LogP contribution in [0.2, 0.25) is 0 Å². The number of H-pyrrole nitrogens is 1. The van der Waals surface area contributed by atoms with E-state index in [1.54, 1.807) is 13.1 Å². The quantitative estimate of drug-likeness (QED) is 0.777. The second kappa shape index (κ2) is 6.35. The molecule has 0 aliphatic carbocycles. The zero-order chi connectivity index (χ0) is 15.4. The molecule has 0 aliphatic rings. The Labute approximate surface area is 128 Å². The van der Waals surface area contributed by atoms with Crippen LogP contribution in [-0.4, -0.2) is 44.2 Å². The average Bonchev–Trinajstić information content (AvgIpc) is 2.91. The van der Waals surface area contributed by atoms with Crippen molar-refractivity contribution in [3.05, 3.63) is 40.4 Å². The summed E-state index contributed by atoms with van der Waals surface area (Å²) in [4.78, 5) is 28.5. The molecule has 8 nitrogen and oxygen atoms in total. The summed E-state index contributed by atoms with van der Waals surface area (Å²) in [5, 5.41) is 18.0. The van der Waals surface area contributed by atoms with E-state index in [9.17, 15) is 9.59 Å². The normalized spacial score (nSPS) is 10.2. The van der Waals surface area contributed by atoms with Gasteiger partial charge in [-0.3, -0.25) is 5.10 Å². The highest BCUT2D eigenvalue weighted by Gasteiger charge is 2.16. The van der Waals surface area contributed by atoms with Crippen LogP contribution in [0.4, 0.5) is 10.5 Å². The zero-order valence-electron chi connectivity index (χ0n) is 11.0. The number of aromatic carboxylic acids is 1. The molecule has 0 aliphatic heterocycles. The maximum Gasteiger partial charge on any atom is 0.337 e. The number of aromatic nitrogens is 3. The molecule has 9 heteroatoms. The van der Waals surface area contributed by atoms with Crippen LogP contribution < -0.4 is 5.32 Å². The van der Waals surface area contributed by atoms with Gasteiger partial charge in [-0.2, -0.15) is 5.10 Å². The van der Waals surface area contributed by atoms with E-state index in [-0.39, 0.29) is 17.8 Å². The van der Waals surface area contributed by atoms with E-state index in [2.05, 4.69) is 36.4 Å². The zero-order valence-corrected chi connectivity index (χ0v) is 12.6. The SMILES string of the molecule is CN(Cc1ncn[nH]1)C(=O)Nc1cc(Br)ccc1C(=O)O. The fourth-order valence-corrected chi connectivity index (χ4v) is 1.98. The van der Waals surface area contributed by atoms with Crippen molar-refractivity contribution in [1.29, 1.82) is 0 Å². The van der Waals surface area contributed by atoms with Crippen molar-refractivity contribution in [3.63, 3.8) is 0 Å². The summed E-state index contributed by atoms with van der Waals surface area (Å²) in [5.41, 5.74) is 0.228. The van der Waals surface area contributed by atoms with Crippen LogP contribution in [0.1, 0.15) is 16.2 Å². The highest BCUT2D eigenvalue weighted by molar-refractivity contribution is 9.10. The van der Waals surface area contributed by atoms with Gasteiger partial charge in [0, 0.05) is 11.5 Å². The number of hydrogen-bond donors (Lipinski definition) is 3. The molecule has 2 aromatic rings. The molecule has 1 aromatic carbocycles. The van der Waals surface area contributed by atoms with Crippen molar-refractivity contribution in [1.82, 2.24) is 20.1 Å². The maximum absolute atomic E-state index is 12.1. The molecule has 0 unspecified atom stereocenters. The first-order valence-electron chi connectivity index (χ1n) is 5.86. The van der Waals surface area contributed by atoms with Gasteiger partial charge in [-0.1, -0.05) is 15.9 Å². The molecule has 0 bridgehead atoms. The monoisotopic (exact) mass is 353 g/mol. The van der Waals surface area contributed by atoms with Gasteiger partial charge in [0.15, 0.2) is 0 Å². The highest BCUT2D eigenvalue weighted by atomic mass is 79.9. The smallest absolute Gasteiger partial charge is 0.337 e. The van der Waals surface area contributed by atoms with Crippen LogP contribution in [0.5, 0.6) is 0 Å². The van der Waals surface area contributed by atoms with Crippen molar-refractivity contribution in [2.45, 2.75) is 6.54 Å². The summed E-state index contributed by atoms with van der Waals surface area (Å²) >= 11 is 3.24. The molecule has 2 rings (SSSR count). The summed E-state index contributed by atoms with van der Waals surface area (Å²) in [6, 6.07) is 4.09. The number of rotatable bonds is 4. The second-order valence-corrected chi connectivity index (χ2v) is 5.13. The van der Waals surface area contributed by atoms with Crippen molar-refractivity contribution in [2.75, 3.05) is 12.4 Å². The topological polar surface area (TPSA) is 111 Å². The maximum atomic E-state index is 12.1. The van der Waals surface area contributed by atoms with Crippen LogP contribution in [0, 0.1) is 0 Å². The summed E-state index contributed by atoms with van der Waals surface area (Å²) in [7, 11) is 1.57. The van der Waals surface area contributed by atoms with Gasteiger partial charge in [-0.05, 0) is 18.2 Å². The summed E-state index contributed by atoms with van der Waals surface area (Å²) < 4.78 is 0.667. The first kappa shape index (κ1) is 15.0. The Morgan fingerprint density at radius 3 is 2.86 bits per heavy atom. The molecule has 2 amide bonds. The number of nitrogens with zero attached hydrogens (tertiary/aromatic N) is 3. The molecular formula is C12H12BrN5O3. The number of anilines is 1. The number of halogens is 1. The largest absolute Gasteiger partial charge is 0.478 e. The van der Waals surface area contributed by atoms with E-state index in [4.69, 9.17) is 5.11 Å². The number of carboxylic acids is 1. The molecular weight excluding hydrogens is 342 g/mol. The standard InChI is InChI=1S/C12H12BrN5O3/c1-18(5-10-14-6-15-17-10)12(21)16-9-4-7(13)2-3-8(9)11(19)20/h2-4,6H,5H2,1H3,(H,16,21)(H,19,20)(H,14,15,17). The minimum atomic E-state index is -1.12. The van der Waals surface area contributed by atoms with E-state index < -0.39 is 12.0 Å². The predicted molar refractivity (Wildman–Crippen MR) is 78.0 cm³/mol. The van der Waals surface area contributed by atoms with Crippen LogP contribution in [-0.2, 0) is 6.54 Å². The fraction of sp³-hybridized carbons (Fsp3) is 0.167. The Kier molecular flexibility index (Phi) is 4.53. The molecule has 3 N–H and O–H groups in total. The van der Waals surface area contributed by atoms with Crippen molar-refractivity contribution >= 4 is 33.6 Å². The number of carbonyl (C=O) groups is 2. The van der Waals surface area contributed by atoms with E-state index in [1.165, 1.54) is 23.4 Å². The van der Waals surface area contributed by atoms with Gasteiger partial charge in [0.2, 0.25) is 0 Å². The molecule has 0 radical (unpaired) electrons. The van der Waals surface area contributed by atoms with E-state index in [1.807, 2.05) is 0 Å². The Bertz CT molecular complexity index is 659. The number of benzene rings is 1. The van der Waals surface area contributed by atoms with Crippen molar-refractivity contribution in [2.24, 2.45) is 0 Å². The molecule has 0 fully saturated rings. The van der Waals surface area contributed by atoms with E-state index >= 15 is 0 Å². The van der Waals surface area contributed by atoms with Gasteiger partial charge in [0.05, 0.1) is 17.8 Å². The second-order valence-electron chi connectivity index (χ2n) is 4.21. The molecule has 0 saturated carbocycles. The summed E-state index contributed by atoms with van der Waals surface area (Å²) in [5.74, 6) is -0.587. The van der Waals surface area contributed by atoms with Gasteiger partial charge >= 0.3 is 12.0 Å². The van der Waals surface area contributed by atoms with Gasteiger partial charge in [0.25, 0.3) is 0 Å². The average molecular weight is 354 g/mol. The lowest BCUT2D eigenvalue weighted by atomic mass is 10.2. The number of carboxylic acid groups (broad SMARTS) is 1. The van der Waals surface area contributed by atoms with Crippen LogP contribution in [0.3, 0.4) is 0 Å². The lowest BCUT2D eigenvalue weighted by molar-refractivity contribution is 0.0698. The summed E-state index contributed by atoms with van der Waals surface area (Å²) in [6.45, 7) is 0.224. The van der Waals surface area contributed by atoms with Crippen LogP contribution >= 0.6 is 15.9 Å². The Morgan fingerprint density at radius 2 is 2.24 bits per heavy atom. The Morgan fingerprint density at radius 1 is 1.48 bits per heavy atom. The number of aromatic amines is 1. The molecule has 1 heterocycles. The third-order valence-corrected chi connectivity index (χ3v) is 3.15. The van der Waals surface area contributed by atoms with Crippen molar-refractivity contribution < 1.29 is 14.7 Å². The lowest BCUT2D eigenvalue weighted by Crippen LogP contribution is -2.31. The van der Waals surface area contributed by atoms with Gasteiger partial charge < -0.3 is 15.3 Å². The molecule has 21 heavy (non-hydrogen) atoms. The third kappa shape index (κ3) is 3.78. The third-order valence-electron chi connectivity index (χ3n) is 2.65. The highest BCUT2D eigenvalue weighted by Crippen LogP contribution is 2.22. The molecule has 0 spiro atoms. The van der Waals surface area contributed by atoms with Gasteiger partial charge in [-0.25, -0.2) is 14.6 Å². The lowest BCUT2D eigenvalue weighted by Gasteiger charge is -2.17. The predicted octanol–water partition coefficient (Wildman–Crippen LogP) is 1.93. The Balaban J connectivity index is 2.11. The van der Waals surface area contributed by atoms with Crippen molar-refractivity contribution in [3.8, 4) is 0 Å². The van der Waals surface area contributed by atoms with E-state index in [0.29, 0.717) is 10.3 Å². The van der Waals surface area contributed by atoms with Gasteiger partial charge in [0.1, 0.15) is 12.2 Å². The molecule has 110 valence electrons. The number of carbonyl (C=O) groups excluding carboxylic acids is 1. The first-order chi connectivity index (χ1) is 9.97. The number of hydrogen-bond acceptors (Lipinski definition) is 4. The number of urea groups is 1. The van der Waals surface area contributed by atoms with Gasteiger partial charge in [-0.15, -0.1) is 0 Å². The van der Waals surface area contributed by atoms with Crippen LogP contribution in [0.25, 0.3) is 0 Å². The molecule has 0 saturated heterocycles. The first-order valence-corrected chi connectivity index (χ1v) is 6.66.